The normalized spacial score (nSPS) is 11.2. The van der Waals surface area contributed by atoms with E-state index in [0.29, 0.717) is 0 Å². The number of hydrogen-bond acceptors (Lipinski definition) is 2. The second-order valence-corrected chi connectivity index (χ2v) is 10.4. The number of rotatable bonds is 4. The van der Waals surface area contributed by atoms with E-state index in [4.69, 9.17) is 0 Å². The zero-order valence-corrected chi connectivity index (χ0v) is 22.6. The maximum absolute atomic E-state index is 4.58. The Hall–Kier alpha value is -5.08. The van der Waals surface area contributed by atoms with E-state index in [9.17, 15) is 0 Å². The van der Waals surface area contributed by atoms with E-state index in [2.05, 4.69) is 133 Å². The summed E-state index contributed by atoms with van der Waals surface area (Å²) in [5, 5.41) is 5.01. The first kappa shape index (κ1) is 24.0. The third-order valence-corrected chi connectivity index (χ3v) is 7.70. The van der Waals surface area contributed by atoms with Gasteiger partial charge in [-0.25, -0.2) is 0 Å². The van der Waals surface area contributed by atoms with Crippen LogP contribution in [0.5, 0.6) is 0 Å². The van der Waals surface area contributed by atoms with Gasteiger partial charge in [-0.05, 0) is 93.0 Å². The number of nitrogens with zero attached hydrogens (tertiary/aromatic N) is 2. The van der Waals surface area contributed by atoms with Gasteiger partial charge < -0.3 is 0 Å². The molecular formula is C38H28N2. The molecule has 0 saturated heterocycles. The number of hydrogen-bond donors (Lipinski definition) is 0. The van der Waals surface area contributed by atoms with Crippen LogP contribution in [0.3, 0.4) is 0 Å². The zero-order valence-electron chi connectivity index (χ0n) is 22.6. The van der Waals surface area contributed by atoms with Crippen molar-refractivity contribution in [2.45, 2.75) is 13.8 Å². The molecule has 7 rings (SSSR count). The van der Waals surface area contributed by atoms with E-state index in [1.807, 2.05) is 24.5 Å². The fraction of sp³-hybridized carbons (Fsp3) is 0.0526. The molecule has 190 valence electrons. The molecule has 40 heavy (non-hydrogen) atoms. The lowest BCUT2D eigenvalue weighted by Gasteiger charge is -2.18. The quantitative estimate of drug-likeness (QED) is 0.219. The van der Waals surface area contributed by atoms with Crippen molar-refractivity contribution < 1.29 is 0 Å². The SMILES string of the molecule is Cc1ccnc(-c2ccc(-c3c4ccccc4c(-c4ccc(-c5cc(C)ccn5)cc4)c4ccccc34)cc2)c1. The summed E-state index contributed by atoms with van der Waals surface area (Å²) in [7, 11) is 0. The molecular weight excluding hydrogens is 484 g/mol. The first-order valence-electron chi connectivity index (χ1n) is 13.7. The summed E-state index contributed by atoms with van der Waals surface area (Å²) in [5.41, 5.74) is 11.6. The summed E-state index contributed by atoms with van der Waals surface area (Å²) in [4.78, 5) is 9.17. The second-order valence-electron chi connectivity index (χ2n) is 10.4. The van der Waals surface area contributed by atoms with E-state index in [1.54, 1.807) is 0 Å². The first-order chi connectivity index (χ1) is 19.7. The van der Waals surface area contributed by atoms with E-state index >= 15 is 0 Å². The molecule has 0 aliphatic carbocycles. The molecule has 0 fully saturated rings. The molecule has 0 N–H and O–H groups in total. The lowest BCUT2D eigenvalue weighted by molar-refractivity contribution is 1.29. The fourth-order valence-corrected chi connectivity index (χ4v) is 5.75. The smallest absolute Gasteiger partial charge is 0.0704 e. The van der Waals surface area contributed by atoms with Crippen LogP contribution in [0.25, 0.3) is 66.3 Å². The van der Waals surface area contributed by atoms with Gasteiger partial charge in [-0.15, -0.1) is 0 Å². The summed E-state index contributed by atoms with van der Waals surface area (Å²) in [6.07, 6.45) is 3.75. The summed E-state index contributed by atoms with van der Waals surface area (Å²) in [5.74, 6) is 0. The van der Waals surface area contributed by atoms with Crippen LogP contribution in [0.1, 0.15) is 11.1 Å². The van der Waals surface area contributed by atoms with Crippen LogP contribution in [0, 0.1) is 13.8 Å². The van der Waals surface area contributed by atoms with Crippen molar-refractivity contribution in [1.82, 2.24) is 9.97 Å². The number of fused-ring (bicyclic) bond motifs is 2. The summed E-state index contributed by atoms with van der Waals surface area (Å²) >= 11 is 0. The summed E-state index contributed by atoms with van der Waals surface area (Å²) in [6, 6.07) is 43.6. The minimum Gasteiger partial charge on any atom is -0.256 e. The standard InChI is InChI=1S/C38H28N2/c1-25-19-21-39-35(23-25)27-11-15-29(16-12-27)37-31-7-3-5-9-33(31)38(34-10-6-4-8-32(34)37)30-17-13-28(14-18-30)36-24-26(2)20-22-40-36/h3-24H,1-2H3. The maximum atomic E-state index is 4.58. The molecule has 7 aromatic rings. The molecule has 0 unspecified atom stereocenters. The van der Waals surface area contributed by atoms with Crippen LogP contribution in [-0.4, -0.2) is 9.97 Å². The van der Waals surface area contributed by atoms with Crippen molar-refractivity contribution in [2.24, 2.45) is 0 Å². The number of aryl methyl sites for hydroxylation is 2. The Kier molecular flexibility index (Phi) is 5.94. The monoisotopic (exact) mass is 512 g/mol. The summed E-state index contributed by atoms with van der Waals surface area (Å²) in [6.45, 7) is 4.21. The van der Waals surface area contributed by atoms with Gasteiger partial charge in [-0.3, -0.25) is 9.97 Å². The average molecular weight is 513 g/mol. The van der Waals surface area contributed by atoms with Crippen molar-refractivity contribution in [1.29, 1.82) is 0 Å². The lowest BCUT2D eigenvalue weighted by atomic mass is 9.85. The third kappa shape index (κ3) is 4.24. The minimum absolute atomic E-state index is 1.00. The van der Waals surface area contributed by atoms with Gasteiger partial charge in [0.15, 0.2) is 0 Å². The van der Waals surface area contributed by atoms with E-state index < -0.39 is 0 Å². The van der Waals surface area contributed by atoms with Gasteiger partial charge in [0.1, 0.15) is 0 Å². The molecule has 0 atom stereocenters. The predicted octanol–water partition coefficient (Wildman–Crippen LogP) is 10.1. The Morgan fingerprint density at radius 2 is 0.700 bits per heavy atom. The van der Waals surface area contributed by atoms with E-state index in [-0.39, 0.29) is 0 Å². The van der Waals surface area contributed by atoms with Gasteiger partial charge >= 0.3 is 0 Å². The largest absolute Gasteiger partial charge is 0.256 e. The van der Waals surface area contributed by atoms with Crippen LogP contribution in [0.2, 0.25) is 0 Å². The van der Waals surface area contributed by atoms with Gasteiger partial charge in [-0.2, -0.15) is 0 Å². The Morgan fingerprint density at radius 3 is 1.02 bits per heavy atom. The fourth-order valence-electron chi connectivity index (χ4n) is 5.75. The molecule has 0 spiro atoms. The number of pyridine rings is 2. The molecule has 5 aromatic carbocycles. The third-order valence-electron chi connectivity index (χ3n) is 7.70. The highest BCUT2D eigenvalue weighted by Gasteiger charge is 2.16. The van der Waals surface area contributed by atoms with Crippen LogP contribution >= 0.6 is 0 Å². The Balaban J connectivity index is 1.40. The molecule has 0 radical (unpaired) electrons. The molecule has 2 aromatic heterocycles. The van der Waals surface area contributed by atoms with Crippen molar-refractivity contribution in [2.75, 3.05) is 0 Å². The van der Waals surface area contributed by atoms with Gasteiger partial charge in [0, 0.05) is 23.5 Å². The Labute approximate surface area is 234 Å². The summed E-state index contributed by atoms with van der Waals surface area (Å²) < 4.78 is 0. The number of benzene rings is 5. The average Bonchev–Trinajstić information content (AvgIpc) is 3.00. The van der Waals surface area contributed by atoms with Crippen molar-refractivity contribution in [3.63, 3.8) is 0 Å². The lowest BCUT2D eigenvalue weighted by Crippen LogP contribution is -1.91. The highest BCUT2D eigenvalue weighted by Crippen LogP contribution is 2.44. The second kappa shape index (κ2) is 9.91. The van der Waals surface area contributed by atoms with E-state index in [0.717, 1.165) is 22.5 Å². The van der Waals surface area contributed by atoms with Crippen LogP contribution in [-0.2, 0) is 0 Å². The molecule has 2 heteroatoms. The van der Waals surface area contributed by atoms with E-state index in [1.165, 1.54) is 54.9 Å². The molecule has 2 heterocycles. The van der Waals surface area contributed by atoms with Crippen LogP contribution < -0.4 is 0 Å². The van der Waals surface area contributed by atoms with Crippen molar-refractivity contribution >= 4 is 21.5 Å². The van der Waals surface area contributed by atoms with Gasteiger partial charge in [0.25, 0.3) is 0 Å². The maximum Gasteiger partial charge on any atom is 0.0704 e. The topological polar surface area (TPSA) is 25.8 Å². The highest BCUT2D eigenvalue weighted by molar-refractivity contribution is 6.21. The van der Waals surface area contributed by atoms with Gasteiger partial charge in [-0.1, -0.05) is 97.1 Å². The number of aromatic nitrogens is 2. The Morgan fingerprint density at radius 1 is 0.375 bits per heavy atom. The van der Waals surface area contributed by atoms with Crippen molar-refractivity contribution in [3.8, 4) is 44.8 Å². The molecule has 0 amide bonds. The zero-order chi connectivity index (χ0) is 27.1. The Bertz CT molecular complexity index is 1800. The van der Waals surface area contributed by atoms with Gasteiger partial charge in [0.2, 0.25) is 0 Å². The van der Waals surface area contributed by atoms with Crippen LogP contribution in [0.4, 0.5) is 0 Å². The molecule has 0 aliphatic heterocycles. The van der Waals surface area contributed by atoms with Gasteiger partial charge in [0.05, 0.1) is 11.4 Å². The highest BCUT2D eigenvalue weighted by atomic mass is 14.7. The molecule has 2 nitrogen and oxygen atoms in total. The molecule has 0 saturated carbocycles. The molecule has 0 bridgehead atoms. The molecule has 0 aliphatic rings. The van der Waals surface area contributed by atoms with Crippen molar-refractivity contribution in [3.05, 3.63) is 145 Å². The minimum atomic E-state index is 1.00. The van der Waals surface area contributed by atoms with Crippen LogP contribution in [0.15, 0.2) is 134 Å². The predicted molar refractivity (Wildman–Crippen MR) is 168 cm³/mol. The first-order valence-corrected chi connectivity index (χ1v) is 13.7.